The Hall–Kier alpha value is -2.43. The predicted molar refractivity (Wildman–Crippen MR) is 111 cm³/mol. The number of methoxy groups -OCH3 is 1. The third-order valence-corrected chi connectivity index (χ3v) is 7.51. The number of hydrogen-bond acceptors (Lipinski definition) is 7. The molecule has 0 spiro atoms. The number of alkyl halides is 3. The van der Waals surface area contributed by atoms with Crippen LogP contribution in [0.25, 0.3) is 0 Å². The lowest BCUT2D eigenvalue weighted by Crippen LogP contribution is -2.32. The number of aryl methyl sites for hydroxylation is 1. The summed E-state index contributed by atoms with van der Waals surface area (Å²) >= 11 is 5.80. The van der Waals surface area contributed by atoms with Crippen LogP contribution in [0.15, 0.2) is 28.1 Å². The molecule has 0 aliphatic carbocycles. The van der Waals surface area contributed by atoms with Crippen LogP contribution in [-0.4, -0.2) is 51.0 Å². The van der Waals surface area contributed by atoms with E-state index in [1.54, 1.807) is 24.9 Å². The number of aliphatic carboxylic acids is 1. The predicted octanol–water partition coefficient (Wildman–Crippen LogP) is 2.82. The van der Waals surface area contributed by atoms with Crippen LogP contribution in [0.5, 0.6) is 5.75 Å². The number of hydrogen-bond donors (Lipinski definition) is 2. The fourth-order valence-electron chi connectivity index (χ4n) is 2.31. The van der Waals surface area contributed by atoms with Crippen molar-refractivity contribution < 1.29 is 49.0 Å². The van der Waals surface area contributed by atoms with E-state index in [-0.39, 0.29) is 21.4 Å². The Morgan fingerprint density at radius 2 is 1.65 bits per heavy atom. The van der Waals surface area contributed by atoms with Gasteiger partial charge in [-0.2, -0.15) is 18.3 Å². The Labute approximate surface area is 197 Å². The van der Waals surface area contributed by atoms with E-state index < -0.39 is 48.3 Å². The van der Waals surface area contributed by atoms with Crippen molar-refractivity contribution in [3.8, 4) is 5.75 Å². The van der Waals surface area contributed by atoms with Gasteiger partial charge in [0.25, 0.3) is 20.0 Å². The van der Waals surface area contributed by atoms with Gasteiger partial charge in [-0.15, -0.1) is 4.13 Å². The molecule has 2 aromatic rings. The van der Waals surface area contributed by atoms with Crippen molar-refractivity contribution in [2.24, 2.45) is 7.05 Å². The summed E-state index contributed by atoms with van der Waals surface area (Å²) in [5.74, 6) is -4.15. The average Bonchev–Trinajstić information content (AvgIpc) is 3.03. The van der Waals surface area contributed by atoms with Crippen molar-refractivity contribution >= 4 is 37.6 Å². The van der Waals surface area contributed by atoms with E-state index in [0.29, 0.717) is 6.07 Å². The zero-order valence-electron chi connectivity index (χ0n) is 18.2. The zero-order chi connectivity index (χ0) is 26.9. The second-order valence-electron chi connectivity index (χ2n) is 7.58. The highest BCUT2D eigenvalue weighted by Gasteiger charge is 2.38. The van der Waals surface area contributed by atoms with E-state index in [2.05, 4.69) is 5.10 Å². The highest BCUT2D eigenvalue weighted by atomic mass is 35.5. The molecule has 2 rings (SSSR count). The van der Waals surface area contributed by atoms with Crippen molar-refractivity contribution in [3.63, 3.8) is 0 Å². The summed E-state index contributed by atoms with van der Waals surface area (Å²) in [6.45, 7) is 5.21. The molecule has 2 N–H and O–H groups in total. The van der Waals surface area contributed by atoms with Crippen LogP contribution in [0.2, 0.25) is 5.02 Å². The monoisotopic (exact) mass is 553 g/mol. The number of carboxylic acid groups (broad SMARTS) is 1. The summed E-state index contributed by atoms with van der Waals surface area (Å²) in [6.07, 6.45) is -3.89. The van der Waals surface area contributed by atoms with Crippen LogP contribution >= 0.6 is 11.6 Å². The molecule has 0 unspecified atom stereocenters. The molecule has 0 fully saturated rings. The molecule has 0 radical (unpaired) electrons. The first-order valence-electron chi connectivity index (χ1n) is 8.79. The summed E-state index contributed by atoms with van der Waals surface area (Å²) in [6, 6.07) is 1.52. The first kappa shape index (κ1) is 29.6. The van der Waals surface area contributed by atoms with E-state index >= 15 is 0 Å². The lowest BCUT2D eigenvalue weighted by Gasteiger charge is -2.17. The molecule has 0 bridgehead atoms. The molecular weight excluding hydrogens is 534 g/mol. The van der Waals surface area contributed by atoms with Gasteiger partial charge in [-0.1, -0.05) is 32.4 Å². The molecule has 0 atom stereocenters. The molecule has 1 aromatic heterocycles. The third-order valence-electron chi connectivity index (χ3n) is 3.74. The highest BCUT2D eigenvalue weighted by Crippen LogP contribution is 2.32. The molecule has 0 amide bonds. The van der Waals surface area contributed by atoms with Gasteiger partial charge in [0.05, 0.1) is 22.7 Å². The number of halogens is 5. The van der Waals surface area contributed by atoms with Crippen LogP contribution in [0, 0.1) is 5.82 Å². The van der Waals surface area contributed by atoms with Gasteiger partial charge in [0.15, 0.2) is 11.6 Å². The van der Waals surface area contributed by atoms with E-state index in [0.717, 1.165) is 13.2 Å². The number of ether oxygens (including phenoxy) is 1. The number of nitrogens with zero attached hydrogens (tertiary/aromatic N) is 2. The first-order chi connectivity index (χ1) is 15.1. The van der Waals surface area contributed by atoms with Crippen LogP contribution in [0.4, 0.5) is 17.6 Å². The molecule has 34 heavy (non-hydrogen) atoms. The molecule has 0 aliphatic rings. The molecule has 0 saturated heterocycles. The normalized spacial score (nSPS) is 12.6. The number of sulfonamides is 2. The largest absolute Gasteiger partial charge is 0.492 e. The maximum atomic E-state index is 14.0. The lowest BCUT2D eigenvalue weighted by molar-refractivity contribution is -0.192. The smallest absolute Gasteiger partial charge is 0.490 e. The fraction of sp³-hybridized carbons (Fsp3) is 0.412. The van der Waals surface area contributed by atoms with Gasteiger partial charge < -0.3 is 9.84 Å². The van der Waals surface area contributed by atoms with Crippen LogP contribution in [0.1, 0.15) is 26.5 Å². The standard InChI is InChI=1S/C15H19ClFN3O5S2.C2HF3O2/c1-15(2,3)14-12(8-20(4)18-14)27(23,24)19-26(21,22)9-6-10(16)13(25-5)11(17)7-9;3-2(4,5)1(6)7/h6-8,19H,1-5H3;(H,6,7). The molecule has 0 aliphatic heterocycles. The maximum Gasteiger partial charge on any atom is 0.490 e. The molecule has 1 heterocycles. The summed E-state index contributed by atoms with van der Waals surface area (Å²) in [5, 5.41) is 10.9. The summed E-state index contributed by atoms with van der Waals surface area (Å²) in [4.78, 5) is 7.95. The maximum absolute atomic E-state index is 14.0. The van der Waals surface area contributed by atoms with E-state index in [4.69, 9.17) is 26.2 Å². The minimum atomic E-state index is -5.08. The van der Waals surface area contributed by atoms with E-state index in [1.807, 2.05) is 0 Å². The number of benzene rings is 1. The van der Waals surface area contributed by atoms with Gasteiger partial charge in [0.2, 0.25) is 0 Å². The van der Waals surface area contributed by atoms with Gasteiger partial charge in [-0.3, -0.25) is 4.68 Å². The number of carbonyl (C=O) groups is 1. The zero-order valence-corrected chi connectivity index (χ0v) is 20.6. The first-order valence-corrected chi connectivity index (χ1v) is 12.1. The lowest BCUT2D eigenvalue weighted by atomic mass is 9.92. The van der Waals surface area contributed by atoms with Crippen LogP contribution in [-0.2, 0) is 37.3 Å². The molecule has 192 valence electrons. The van der Waals surface area contributed by atoms with Crippen molar-refractivity contribution in [2.75, 3.05) is 7.11 Å². The topological polar surface area (TPSA) is 145 Å². The van der Waals surface area contributed by atoms with Gasteiger partial charge in [-0.25, -0.2) is 26.0 Å². The molecule has 0 saturated carbocycles. The minimum Gasteiger partial charge on any atom is -0.492 e. The molecule has 1 aromatic carbocycles. The second-order valence-corrected chi connectivity index (χ2v) is 11.6. The molecule has 17 heteroatoms. The second kappa shape index (κ2) is 10.1. The highest BCUT2D eigenvalue weighted by molar-refractivity contribution is 8.04. The summed E-state index contributed by atoms with van der Waals surface area (Å²) in [5.41, 5.74) is -0.475. The minimum absolute atomic E-state index is 0.187. The van der Waals surface area contributed by atoms with Crippen LogP contribution < -0.4 is 8.86 Å². The Bertz CT molecular complexity index is 1260. The van der Waals surface area contributed by atoms with Gasteiger partial charge in [-0.05, 0) is 12.1 Å². The Kier molecular flexibility index (Phi) is 8.75. The van der Waals surface area contributed by atoms with E-state index in [1.165, 1.54) is 17.9 Å². The van der Waals surface area contributed by atoms with Crippen molar-refractivity contribution in [2.45, 2.75) is 42.2 Å². The van der Waals surface area contributed by atoms with Gasteiger partial charge in [0, 0.05) is 18.7 Å². The Morgan fingerprint density at radius 1 is 1.15 bits per heavy atom. The number of carboxylic acids is 1. The summed E-state index contributed by atoms with van der Waals surface area (Å²) < 4.78 is 104. The fourth-order valence-corrected chi connectivity index (χ4v) is 5.98. The average molecular weight is 554 g/mol. The molecular formula is C17H20ClF4N3O7S2. The summed E-state index contributed by atoms with van der Waals surface area (Å²) in [7, 11) is -6.48. The van der Waals surface area contributed by atoms with Gasteiger partial charge >= 0.3 is 12.1 Å². The van der Waals surface area contributed by atoms with Gasteiger partial charge in [0.1, 0.15) is 4.90 Å². The Morgan fingerprint density at radius 3 is 2.03 bits per heavy atom. The SMILES string of the molecule is COc1c(F)cc(S(=O)(=O)NS(=O)(=O)c2cn(C)nc2C(C)(C)C)cc1Cl.O=C(O)C(F)(F)F. The van der Waals surface area contributed by atoms with Crippen molar-refractivity contribution in [1.82, 2.24) is 13.9 Å². The number of nitrogens with one attached hydrogen (secondary N) is 1. The molecule has 10 nitrogen and oxygen atoms in total. The number of rotatable bonds is 5. The Balaban J connectivity index is 0.000000718. The van der Waals surface area contributed by atoms with Crippen molar-refractivity contribution in [1.29, 1.82) is 0 Å². The van der Waals surface area contributed by atoms with Crippen LogP contribution in [0.3, 0.4) is 0 Å². The third kappa shape index (κ3) is 7.28. The van der Waals surface area contributed by atoms with Crippen molar-refractivity contribution in [3.05, 3.63) is 34.9 Å². The quantitative estimate of drug-likeness (QED) is 0.538. The number of aromatic nitrogens is 2. The van der Waals surface area contributed by atoms with E-state index in [9.17, 15) is 34.4 Å².